The van der Waals surface area contributed by atoms with Gasteiger partial charge in [0.2, 0.25) is 0 Å². The van der Waals surface area contributed by atoms with Gasteiger partial charge in [-0.3, -0.25) is 0 Å². The maximum atomic E-state index is 6.36. The van der Waals surface area contributed by atoms with E-state index in [0.717, 1.165) is 22.2 Å². The monoisotopic (exact) mass is 262 g/mol. The average Bonchev–Trinajstić information content (AvgIpc) is 2.78. The molecule has 0 atom stereocenters. The fraction of sp³-hybridized carbons (Fsp3) is 0. The topological polar surface area (TPSA) is 28.7 Å². The summed E-state index contributed by atoms with van der Waals surface area (Å²) in [6.07, 6.45) is 1.61. The molecule has 0 spiro atoms. The number of rotatable bonds is 1. The lowest BCUT2D eigenvalue weighted by atomic mass is 10.0. The molecule has 0 unspecified atom stereocenters. The first-order chi connectivity index (χ1) is 8.27. The van der Waals surface area contributed by atoms with Gasteiger partial charge in [0, 0.05) is 5.56 Å². The average molecular weight is 263 g/mol. The van der Waals surface area contributed by atoms with Gasteiger partial charge >= 0.3 is 0 Å². The van der Waals surface area contributed by atoms with E-state index in [2.05, 4.69) is 9.97 Å². The van der Waals surface area contributed by atoms with Gasteiger partial charge in [-0.05, 0) is 11.6 Å². The molecule has 1 N–H and O–H groups in total. The number of nitrogens with one attached hydrogen (secondary N) is 1. The zero-order valence-electron chi connectivity index (χ0n) is 8.74. The minimum atomic E-state index is 0.583. The lowest BCUT2D eigenvalue weighted by Gasteiger charge is -2.07. The number of nitrogens with zero attached hydrogens (tertiary/aromatic N) is 1. The molecule has 0 saturated carbocycles. The van der Waals surface area contributed by atoms with Crippen molar-refractivity contribution in [1.29, 1.82) is 0 Å². The van der Waals surface area contributed by atoms with Crippen molar-refractivity contribution in [2.24, 2.45) is 0 Å². The zero-order chi connectivity index (χ0) is 11.8. The molecular weight excluding hydrogens is 255 g/mol. The molecule has 4 heteroatoms. The number of imidazole rings is 1. The largest absolute Gasteiger partial charge is 0.345 e. The second kappa shape index (κ2) is 4.06. The van der Waals surface area contributed by atoms with E-state index in [1.165, 1.54) is 0 Å². The van der Waals surface area contributed by atoms with Gasteiger partial charge in [-0.25, -0.2) is 4.98 Å². The Balaban J connectivity index is 2.36. The normalized spacial score (nSPS) is 10.9. The Morgan fingerprint density at radius 3 is 2.59 bits per heavy atom. The molecule has 0 aliphatic carbocycles. The Hall–Kier alpha value is -1.51. The second-order valence-corrected chi connectivity index (χ2v) is 4.50. The molecule has 0 amide bonds. The highest BCUT2D eigenvalue weighted by molar-refractivity contribution is 6.42. The molecule has 0 bridgehead atoms. The lowest BCUT2D eigenvalue weighted by Crippen LogP contribution is -1.83. The van der Waals surface area contributed by atoms with Crippen molar-refractivity contribution in [1.82, 2.24) is 9.97 Å². The van der Waals surface area contributed by atoms with Gasteiger partial charge < -0.3 is 4.98 Å². The molecule has 17 heavy (non-hydrogen) atoms. The van der Waals surface area contributed by atoms with Gasteiger partial charge in [0.25, 0.3) is 0 Å². The Kier molecular flexibility index (Phi) is 2.54. The molecule has 2 nitrogen and oxygen atoms in total. The van der Waals surface area contributed by atoms with Crippen molar-refractivity contribution < 1.29 is 0 Å². The van der Waals surface area contributed by atoms with E-state index in [-0.39, 0.29) is 0 Å². The number of H-pyrrole nitrogens is 1. The highest BCUT2D eigenvalue weighted by Crippen LogP contribution is 2.38. The third-order valence-electron chi connectivity index (χ3n) is 2.67. The van der Waals surface area contributed by atoms with E-state index in [1.54, 1.807) is 6.33 Å². The van der Waals surface area contributed by atoms with Gasteiger partial charge in [0.05, 0.1) is 21.9 Å². The number of aromatic nitrogens is 2. The summed E-state index contributed by atoms with van der Waals surface area (Å²) in [6.45, 7) is 0. The highest BCUT2D eigenvalue weighted by Gasteiger charge is 2.13. The third-order valence-corrected chi connectivity index (χ3v) is 3.33. The zero-order valence-corrected chi connectivity index (χ0v) is 10.3. The van der Waals surface area contributed by atoms with Crippen LogP contribution in [0.25, 0.3) is 22.2 Å². The van der Waals surface area contributed by atoms with Gasteiger partial charge in [-0.1, -0.05) is 53.5 Å². The summed E-state index contributed by atoms with van der Waals surface area (Å²) in [5.41, 5.74) is 3.41. The van der Waals surface area contributed by atoms with Crippen LogP contribution < -0.4 is 0 Å². The summed E-state index contributed by atoms with van der Waals surface area (Å²) in [4.78, 5) is 7.20. The van der Waals surface area contributed by atoms with Crippen LogP contribution in [0.15, 0.2) is 42.7 Å². The van der Waals surface area contributed by atoms with Gasteiger partial charge in [0.15, 0.2) is 0 Å². The predicted molar refractivity (Wildman–Crippen MR) is 71.5 cm³/mol. The summed E-state index contributed by atoms with van der Waals surface area (Å²) < 4.78 is 0. The van der Waals surface area contributed by atoms with Crippen LogP contribution in [0.2, 0.25) is 10.0 Å². The Morgan fingerprint density at radius 2 is 1.82 bits per heavy atom. The molecule has 2 aromatic carbocycles. The van der Waals surface area contributed by atoms with E-state index in [1.807, 2.05) is 36.4 Å². The van der Waals surface area contributed by atoms with Crippen molar-refractivity contribution >= 4 is 34.2 Å². The fourth-order valence-corrected chi connectivity index (χ4v) is 2.60. The van der Waals surface area contributed by atoms with Crippen LogP contribution in [0.5, 0.6) is 0 Å². The fourth-order valence-electron chi connectivity index (χ4n) is 1.88. The first-order valence-corrected chi connectivity index (χ1v) is 5.89. The van der Waals surface area contributed by atoms with E-state index in [9.17, 15) is 0 Å². The number of hydrogen-bond acceptors (Lipinski definition) is 1. The Labute approximate surface area is 108 Å². The molecule has 1 heterocycles. The standard InChI is InChI=1S/C13H8Cl2N2/c14-9-6-10-13(17-7-16-10)12(15)11(9)8-4-2-1-3-5-8/h1-7H,(H,16,17). The quantitative estimate of drug-likeness (QED) is 0.686. The van der Waals surface area contributed by atoms with Gasteiger partial charge in [-0.15, -0.1) is 0 Å². The molecule has 3 aromatic rings. The number of benzene rings is 2. The van der Waals surface area contributed by atoms with Crippen LogP contribution in [0.4, 0.5) is 0 Å². The molecule has 0 aliphatic heterocycles. The summed E-state index contributed by atoms with van der Waals surface area (Å²) in [7, 11) is 0. The molecular formula is C13H8Cl2N2. The number of hydrogen-bond donors (Lipinski definition) is 1. The van der Waals surface area contributed by atoms with E-state index < -0.39 is 0 Å². The first kappa shape index (κ1) is 10.6. The van der Waals surface area contributed by atoms with E-state index in [4.69, 9.17) is 23.2 Å². The maximum absolute atomic E-state index is 6.36. The molecule has 84 valence electrons. The van der Waals surface area contributed by atoms with Crippen LogP contribution in [0.1, 0.15) is 0 Å². The number of halogens is 2. The summed E-state index contributed by atoms with van der Waals surface area (Å²) in [5, 5.41) is 1.21. The van der Waals surface area contributed by atoms with E-state index in [0.29, 0.717) is 10.0 Å². The van der Waals surface area contributed by atoms with E-state index >= 15 is 0 Å². The second-order valence-electron chi connectivity index (χ2n) is 3.71. The van der Waals surface area contributed by atoms with Gasteiger partial charge in [0.1, 0.15) is 5.52 Å². The Bertz CT molecular complexity index is 674. The molecule has 0 aliphatic rings. The smallest absolute Gasteiger partial charge is 0.108 e. The minimum Gasteiger partial charge on any atom is -0.345 e. The lowest BCUT2D eigenvalue weighted by molar-refractivity contribution is 1.34. The summed E-state index contributed by atoms with van der Waals surface area (Å²) >= 11 is 12.6. The molecule has 0 radical (unpaired) electrons. The molecule has 0 fully saturated rings. The highest BCUT2D eigenvalue weighted by atomic mass is 35.5. The van der Waals surface area contributed by atoms with Gasteiger partial charge in [-0.2, -0.15) is 0 Å². The van der Waals surface area contributed by atoms with Crippen LogP contribution in [-0.2, 0) is 0 Å². The van der Waals surface area contributed by atoms with Crippen LogP contribution in [0.3, 0.4) is 0 Å². The first-order valence-electron chi connectivity index (χ1n) is 5.14. The van der Waals surface area contributed by atoms with Crippen molar-refractivity contribution in [3.8, 4) is 11.1 Å². The number of fused-ring (bicyclic) bond motifs is 1. The molecule has 0 saturated heterocycles. The summed E-state index contributed by atoms with van der Waals surface area (Å²) in [6, 6.07) is 11.7. The molecule has 1 aromatic heterocycles. The van der Waals surface area contributed by atoms with Crippen molar-refractivity contribution in [3.63, 3.8) is 0 Å². The van der Waals surface area contributed by atoms with Crippen LogP contribution >= 0.6 is 23.2 Å². The SMILES string of the molecule is Clc1cc2[nH]cnc2c(Cl)c1-c1ccccc1. The van der Waals surface area contributed by atoms with Crippen molar-refractivity contribution in [3.05, 3.63) is 52.8 Å². The predicted octanol–water partition coefficient (Wildman–Crippen LogP) is 4.54. The van der Waals surface area contributed by atoms with Crippen LogP contribution in [-0.4, -0.2) is 9.97 Å². The van der Waals surface area contributed by atoms with Crippen molar-refractivity contribution in [2.75, 3.05) is 0 Å². The summed E-state index contributed by atoms with van der Waals surface area (Å²) in [5.74, 6) is 0. The third kappa shape index (κ3) is 1.70. The molecule has 3 rings (SSSR count). The maximum Gasteiger partial charge on any atom is 0.108 e. The Morgan fingerprint density at radius 1 is 1.06 bits per heavy atom. The number of aromatic amines is 1. The van der Waals surface area contributed by atoms with Crippen LogP contribution in [0, 0.1) is 0 Å². The van der Waals surface area contributed by atoms with Crippen molar-refractivity contribution in [2.45, 2.75) is 0 Å². The minimum absolute atomic E-state index is 0.583.